The minimum absolute atomic E-state index is 0.143. The third kappa shape index (κ3) is 2.55. The van der Waals surface area contributed by atoms with Crippen molar-refractivity contribution in [2.24, 2.45) is 17.3 Å². The molecule has 1 heterocycles. The van der Waals surface area contributed by atoms with Crippen molar-refractivity contribution < 1.29 is 33.7 Å². The smallest absolute Gasteiger partial charge is 0.334 e. The molecule has 0 unspecified atom stereocenters. The van der Waals surface area contributed by atoms with E-state index in [4.69, 9.17) is 14.2 Å². The number of aliphatic hydroxyl groups is 1. The molecular weight excluding hydrogens is 340 g/mol. The molecule has 7 heteroatoms. The van der Waals surface area contributed by atoms with Gasteiger partial charge in [-0.05, 0) is 31.6 Å². The summed E-state index contributed by atoms with van der Waals surface area (Å²) in [5, 5.41) is 11.7. The molecular formula is C19H26O7. The van der Waals surface area contributed by atoms with E-state index in [1.54, 1.807) is 0 Å². The summed E-state index contributed by atoms with van der Waals surface area (Å²) >= 11 is 0. The molecule has 2 aliphatic carbocycles. The summed E-state index contributed by atoms with van der Waals surface area (Å²) in [5.41, 5.74) is -2.13. The van der Waals surface area contributed by atoms with Gasteiger partial charge in [-0.2, -0.15) is 0 Å². The molecule has 1 saturated heterocycles. The fourth-order valence-electron chi connectivity index (χ4n) is 5.21. The number of fused-ring (bicyclic) bond motifs is 3. The van der Waals surface area contributed by atoms with Crippen molar-refractivity contribution >= 4 is 17.9 Å². The Kier molecular flexibility index (Phi) is 4.63. The van der Waals surface area contributed by atoms with Crippen LogP contribution >= 0.6 is 0 Å². The first kappa shape index (κ1) is 18.9. The largest absolute Gasteiger partial charge is 0.465 e. The molecule has 144 valence electrons. The van der Waals surface area contributed by atoms with Gasteiger partial charge in [0.1, 0.15) is 24.2 Å². The van der Waals surface area contributed by atoms with Crippen molar-refractivity contribution in [3.8, 4) is 0 Å². The first-order chi connectivity index (χ1) is 12.1. The van der Waals surface area contributed by atoms with E-state index >= 15 is 0 Å². The van der Waals surface area contributed by atoms with Gasteiger partial charge in [0, 0.05) is 25.3 Å². The van der Waals surface area contributed by atoms with E-state index < -0.39 is 41.1 Å². The van der Waals surface area contributed by atoms with Gasteiger partial charge in [-0.3, -0.25) is 9.59 Å². The summed E-state index contributed by atoms with van der Waals surface area (Å²) < 4.78 is 16.5. The van der Waals surface area contributed by atoms with Crippen molar-refractivity contribution in [3.63, 3.8) is 0 Å². The Bertz CT molecular complexity index is 656. The topological polar surface area (TPSA) is 99.1 Å². The molecule has 0 bridgehead atoms. The maximum atomic E-state index is 12.2. The standard InChI is InChI=1S/C19H26O7/c1-10-5-6-14-11(2)17(22)26-16(14)18(9-24-12(3)20)15(25-13(4)21)7-8-19(10,18)23/h10,14-16,23H,2,5-9H2,1,3-4H3/t10-,14-,15-,16+,18-,19+/m0/s1. The monoisotopic (exact) mass is 366 g/mol. The van der Waals surface area contributed by atoms with Gasteiger partial charge in [0.25, 0.3) is 0 Å². The van der Waals surface area contributed by atoms with E-state index in [1.165, 1.54) is 13.8 Å². The normalized spacial score (nSPS) is 41.7. The third-order valence-electron chi connectivity index (χ3n) is 6.53. The van der Waals surface area contributed by atoms with E-state index in [1.807, 2.05) is 6.92 Å². The van der Waals surface area contributed by atoms with Crippen LogP contribution in [0.3, 0.4) is 0 Å². The minimum atomic E-state index is -1.28. The summed E-state index contributed by atoms with van der Waals surface area (Å²) in [6.45, 7) is 8.20. The summed E-state index contributed by atoms with van der Waals surface area (Å²) in [5.74, 6) is -1.95. The zero-order chi connectivity index (χ0) is 19.3. The summed E-state index contributed by atoms with van der Waals surface area (Å²) in [7, 11) is 0. The predicted molar refractivity (Wildman–Crippen MR) is 89.7 cm³/mol. The molecule has 0 aromatic heterocycles. The lowest BCUT2D eigenvalue weighted by molar-refractivity contribution is -0.217. The zero-order valence-corrected chi connectivity index (χ0v) is 15.4. The van der Waals surface area contributed by atoms with Crippen LogP contribution in [0.5, 0.6) is 0 Å². The van der Waals surface area contributed by atoms with Crippen molar-refractivity contribution in [2.45, 2.75) is 64.3 Å². The molecule has 7 nitrogen and oxygen atoms in total. The highest BCUT2D eigenvalue weighted by Gasteiger charge is 2.72. The molecule has 3 aliphatic rings. The summed E-state index contributed by atoms with van der Waals surface area (Å²) in [6, 6.07) is 0. The molecule has 2 saturated carbocycles. The Labute approximate surface area is 152 Å². The Hall–Kier alpha value is -1.89. The summed E-state index contributed by atoms with van der Waals surface area (Å²) in [6.07, 6.45) is 0.630. The van der Waals surface area contributed by atoms with Crippen molar-refractivity contribution in [2.75, 3.05) is 6.61 Å². The molecule has 1 N–H and O–H groups in total. The van der Waals surface area contributed by atoms with Crippen molar-refractivity contribution in [3.05, 3.63) is 12.2 Å². The van der Waals surface area contributed by atoms with Gasteiger partial charge in [-0.25, -0.2) is 4.79 Å². The number of esters is 3. The van der Waals surface area contributed by atoms with E-state index in [0.717, 1.165) is 0 Å². The van der Waals surface area contributed by atoms with E-state index in [2.05, 4.69) is 6.58 Å². The van der Waals surface area contributed by atoms with Gasteiger partial charge in [0.15, 0.2) is 0 Å². The maximum absolute atomic E-state index is 12.2. The van der Waals surface area contributed by atoms with Gasteiger partial charge in [-0.1, -0.05) is 13.5 Å². The second-order valence-electron chi connectivity index (χ2n) is 7.82. The first-order valence-electron chi connectivity index (χ1n) is 9.06. The van der Waals surface area contributed by atoms with Crippen LogP contribution < -0.4 is 0 Å². The highest BCUT2D eigenvalue weighted by molar-refractivity contribution is 5.91. The predicted octanol–water partition coefficient (Wildman–Crippen LogP) is 1.52. The van der Waals surface area contributed by atoms with Gasteiger partial charge in [-0.15, -0.1) is 0 Å². The second kappa shape index (κ2) is 6.37. The average Bonchev–Trinajstić information content (AvgIpc) is 2.96. The average molecular weight is 366 g/mol. The molecule has 0 spiro atoms. The Morgan fingerprint density at radius 1 is 1.27 bits per heavy atom. The molecule has 0 radical (unpaired) electrons. The Balaban J connectivity index is 2.15. The van der Waals surface area contributed by atoms with E-state index in [9.17, 15) is 19.5 Å². The van der Waals surface area contributed by atoms with E-state index in [0.29, 0.717) is 31.3 Å². The second-order valence-corrected chi connectivity index (χ2v) is 7.82. The lowest BCUT2D eigenvalue weighted by atomic mass is 9.63. The van der Waals surface area contributed by atoms with Crippen LogP contribution in [0.1, 0.15) is 46.5 Å². The van der Waals surface area contributed by atoms with Gasteiger partial charge >= 0.3 is 17.9 Å². The van der Waals surface area contributed by atoms with Crippen LogP contribution in [0, 0.1) is 17.3 Å². The van der Waals surface area contributed by atoms with Crippen LogP contribution in [-0.4, -0.2) is 47.4 Å². The Morgan fingerprint density at radius 3 is 2.58 bits per heavy atom. The summed E-state index contributed by atoms with van der Waals surface area (Å²) in [4.78, 5) is 35.5. The molecule has 26 heavy (non-hydrogen) atoms. The van der Waals surface area contributed by atoms with Crippen LogP contribution in [0.15, 0.2) is 12.2 Å². The SMILES string of the molecule is C=C1C(=O)O[C@@H]2[C@H]1CC[C@H](C)[C@]1(O)CC[C@H](OC(C)=O)[C@@]21COC(C)=O. The van der Waals surface area contributed by atoms with Crippen LogP contribution in [0.4, 0.5) is 0 Å². The molecule has 0 aromatic rings. The van der Waals surface area contributed by atoms with Crippen LogP contribution in [0.25, 0.3) is 0 Å². The van der Waals surface area contributed by atoms with E-state index in [-0.39, 0.29) is 18.4 Å². The van der Waals surface area contributed by atoms with Gasteiger partial charge in [0.05, 0.1) is 5.60 Å². The molecule has 0 amide bonds. The maximum Gasteiger partial charge on any atom is 0.334 e. The fourth-order valence-corrected chi connectivity index (χ4v) is 5.21. The van der Waals surface area contributed by atoms with Crippen LogP contribution in [-0.2, 0) is 28.6 Å². The Morgan fingerprint density at radius 2 is 1.96 bits per heavy atom. The number of carbonyl (C=O) groups excluding carboxylic acids is 3. The highest BCUT2D eigenvalue weighted by Crippen LogP contribution is 2.61. The lowest BCUT2D eigenvalue weighted by Gasteiger charge is -2.48. The van der Waals surface area contributed by atoms with Gasteiger partial charge < -0.3 is 19.3 Å². The molecule has 3 fully saturated rings. The van der Waals surface area contributed by atoms with Crippen LogP contribution in [0.2, 0.25) is 0 Å². The first-order valence-corrected chi connectivity index (χ1v) is 9.06. The quantitative estimate of drug-likeness (QED) is 0.459. The molecule has 1 aliphatic heterocycles. The number of hydrogen-bond donors (Lipinski definition) is 1. The molecule has 3 rings (SSSR count). The lowest BCUT2D eigenvalue weighted by Crippen LogP contribution is -2.62. The highest BCUT2D eigenvalue weighted by atomic mass is 16.6. The third-order valence-corrected chi connectivity index (χ3v) is 6.53. The minimum Gasteiger partial charge on any atom is -0.465 e. The molecule has 6 atom stereocenters. The zero-order valence-electron chi connectivity index (χ0n) is 15.4. The number of rotatable bonds is 3. The van der Waals surface area contributed by atoms with Crippen molar-refractivity contribution in [1.82, 2.24) is 0 Å². The number of carbonyl (C=O) groups is 3. The number of ether oxygens (including phenoxy) is 3. The van der Waals surface area contributed by atoms with Gasteiger partial charge in [0.2, 0.25) is 0 Å². The number of hydrogen-bond acceptors (Lipinski definition) is 7. The van der Waals surface area contributed by atoms with Crippen molar-refractivity contribution in [1.29, 1.82) is 0 Å². The fraction of sp³-hybridized carbons (Fsp3) is 0.737. The molecule has 0 aromatic carbocycles.